The zero-order chi connectivity index (χ0) is 19.1. The van der Waals surface area contributed by atoms with Gasteiger partial charge in [-0.2, -0.15) is 0 Å². The van der Waals surface area contributed by atoms with Crippen LogP contribution in [0.3, 0.4) is 0 Å². The van der Waals surface area contributed by atoms with E-state index >= 15 is 0 Å². The van der Waals surface area contributed by atoms with Crippen LogP contribution in [-0.4, -0.2) is 68.3 Å². The summed E-state index contributed by atoms with van der Waals surface area (Å²) in [6, 6.07) is 0. The van der Waals surface area contributed by atoms with Crippen LogP contribution in [0.2, 0.25) is 0 Å². The number of ether oxygens (including phenoxy) is 6. The molecule has 1 aliphatic heterocycles. The summed E-state index contributed by atoms with van der Waals surface area (Å²) in [7, 11) is 1.38. The van der Waals surface area contributed by atoms with Crippen molar-refractivity contribution in [1.29, 1.82) is 0 Å². The molecule has 0 amide bonds. The fourth-order valence-electron chi connectivity index (χ4n) is 2.41. The van der Waals surface area contributed by atoms with Crippen molar-refractivity contribution in [2.45, 2.75) is 58.4 Å². The normalized spacial score (nSPS) is 28.6. The third-order valence-electron chi connectivity index (χ3n) is 3.11. The van der Waals surface area contributed by atoms with E-state index in [2.05, 4.69) is 0 Å². The Morgan fingerprint density at radius 1 is 0.720 bits per heavy atom. The van der Waals surface area contributed by atoms with Gasteiger partial charge in [-0.25, -0.2) is 0 Å². The Kier molecular flexibility index (Phi) is 7.78. The quantitative estimate of drug-likeness (QED) is 0.460. The van der Waals surface area contributed by atoms with Gasteiger partial charge in [0.05, 0.1) is 6.61 Å². The first-order valence-corrected chi connectivity index (χ1v) is 7.49. The lowest BCUT2D eigenvalue weighted by molar-refractivity contribution is -0.300. The van der Waals surface area contributed by atoms with E-state index in [4.69, 9.17) is 28.4 Å². The van der Waals surface area contributed by atoms with Crippen molar-refractivity contribution in [2.24, 2.45) is 0 Å². The van der Waals surface area contributed by atoms with E-state index in [9.17, 15) is 19.2 Å². The van der Waals surface area contributed by atoms with E-state index in [1.807, 2.05) is 0 Å². The zero-order valence-electron chi connectivity index (χ0n) is 14.7. The predicted molar refractivity (Wildman–Crippen MR) is 79.0 cm³/mol. The van der Waals surface area contributed by atoms with Gasteiger partial charge >= 0.3 is 23.9 Å². The van der Waals surface area contributed by atoms with Gasteiger partial charge in [0.25, 0.3) is 0 Å². The molecule has 1 aliphatic rings. The van der Waals surface area contributed by atoms with E-state index in [1.54, 1.807) is 0 Å². The molecule has 1 rings (SSSR count). The summed E-state index contributed by atoms with van der Waals surface area (Å²) < 4.78 is 31.1. The minimum Gasteiger partial charge on any atom is -0.456 e. The molecule has 0 N–H and O–H groups in total. The van der Waals surface area contributed by atoms with Crippen LogP contribution < -0.4 is 0 Å². The Morgan fingerprint density at radius 2 is 1.16 bits per heavy atom. The fraction of sp³-hybridized carbons (Fsp3) is 0.733. The lowest BCUT2D eigenvalue weighted by atomic mass is 9.98. The summed E-state index contributed by atoms with van der Waals surface area (Å²) in [5, 5.41) is 0. The average molecular weight is 362 g/mol. The molecule has 0 spiro atoms. The minimum absolute atomic E-state index is 0.0553. The Balaban J connectivity index is 3.25. The van der Waals surface area contributed by atoms with Gasteiger partial charge in [-0.1, -0.05) is 0 Å². The molecule has 0 aromatic carbocycles. The highest BCUT2D eigenvalue weighted by atomic mass is 16.7. The number of methoxy groups -OCH3 is 1. The summed E-state index contributed by atoms with van der Waals surface area (Å²) in [5.41, 5.74) is 0. The number of esters is 4. The minimum atomic E-state index is -1.36. The maximum Gasteiger partial charge on any atom is 0.305 e. The van der Waals surface area contributed by atoms with E-state index in [0.717, 1.165) is 27.7 Å². The van der Waals surface area contributed by atoms with Crippen molar-refractivity contribution in [2.75, 3.05) is 13.7 Å². The standard InChI is InChI=1S/C15H22O10/c1-7(16)21-12-11(6-20-5)25-15(24-10(4)19)14(23-9(3)18)13(12)22-8(2)17/h11-15H,6H2,1-5H3. The molecule has 10 heteroatoms. The third kappa shape index (κ3) is 6.31. The zero-order valence-corrected chi connectivity index (χ0v) is 14.7. The van der Waals surface area contributed by atoms with Crippen LogP contribution in [-0.2, 0) is 47.6 Å². The van der Waals surface area contributed by atoms with Crippen molar-refractivity contribution >= 4 is 23.9 Å². The molecule has 5 unspecified atom stereocenters. The van der Waals surface area contributed by atoms with Gasteiger partial charge in [-0.15, -0.1) is 0 Å². The van der Waals surface area contributed by atoms with Crippen LogP contribution in [0.5, 0.6) is 0 Å². The third-order valence-corrected chi connectivity index (χ3v) is 3.11. The summed E-state index contributed by atoms with van der Waals surface area (Å²) in [6.07, 6.45) is -5.98. The van der Waals surface area contributed by atoms with E-state index in [0.29, 0.717) is 0 Å². The van der Waals surface area contributed by atoms with Crippen LogP contribution in [0, 0.1) is 0 Å². The predicted octanol–water partition coefficient (Wildman–Crippen LogP) is -0.284. The maximum absolute atomic E-state index is 11.5. The van der Waals surface area contributed by atoms with Gasteiger partial charge in [-0.05, 0) is 0 Å². The fourth-order valence-corrected chi connectivity index (χ4v) is 2.41. The van der Waals surface area contributed by atoms with Gasteiger partial charge in [0, 0.05) is 34.8 Å². The first-order chi connectivity index (χ1) is 11.6. The molecular formula is C15H22O10. The second-order valence-corrected chi connectivity index (χ2v) is 5.33. The van der Waals surface area contributed by atoms with Gasteiger partial charge in [0.2, 0.25) is 12.4 Å². The summed E-state index contributed by atoms with van der Waals surface area (Å²) in [4.78, 5) is 45.7. The second kappa shape index (κ2) is 9.33. The summed E-state index contributed by atoms with van der Waals surface area (Å²) in [6.45, 7) is 4.50. The van der Waals surface area contributed by atoms with Gasteiger partial charge in [0.15, 0.2) is 12.2 Å². The van der Waals surface area contributed by atoms with Gasteiger partial charge < -0.3 is 28.4 Å². The van der Waals surface area contributed by atoms with Crippen LogP contribution in [0.4, 0.5) is 0 Å². The van der Waals surface area contributed by atoms with E-state index in [1.165, 1.54) is 7.11 Å². The molecule has 5 atom stereocenters. The lowest BCUT2D eigenvalue weighted by Crippen LogP contribution is -2.63. The molecule has 1 heterocycles. The van der Waals surface area contributed by atoms with Gasteiger partial charge in [-0.3, -0.25) is 19.2 Å². The second-order valence-electron chi connectivity index (χ2n) is 5.33. The Labute approximate surface area is 144 Å². The highest BCUT2D eigenvalue weighted by Gasteiger charge is 2.53. The molecule has 25 heavy (non-hydrogen) atoms. The molecule has 0 aromatic heterocycles. The van der Waals surface area contributed by atoms with E-state index < -0.39 is 54.6 Å². The smallest absolute Gasteiger partial charge is 0.305 e. The maximum atomic E-state index is 11.5. The van der Waals surface area contributed by atoms with Crippen molar-refractivity contribution in [3.63, 3.8) is 0 Å². The topological polar surface area (TPSA) is 124 Å². The van der Waals surface area contributed by atoms with Crippen molar-refractivity contribution in [1.82, 2.24) is 0 Å². The molecule has 0 bridgehead atoms. The molecule has 0 saturated carbocycles. The van der Waals surface area contributed by atoms with Crippen LogP contribution in [0.1, 0.15) is 27.7 Å². The monoisotopic (exact) mass is 362 g/mol. The van der Waals surface area contributed by atoms with Gasteiger partial charge in [0.1, 0.15) is 6.10 Å². The van der Waals surface area contributed by atoms with Crippen LogP contribution in [0.15, 0.2) is 0 Å². The largest absolute Gasteiger partial charge is 0.456 e. The number of rotatable bonds is 6. The molecule has 0 aliphatic carbocycles. The Bertz CT molecular complexity index is 516. The molecule has 142 valence electrons. The lowest BCUT2D eigenvalue weighted by Gasteiger charge is -2.43. The van der Waals surface area contributed by atoms with Crippen LogP contribution >= 0.6 is 0 Å². The number of hydrogen-bond acceptors (Lipinski definition) is 10. The average Bonchev–Trinajstić information content (AvgIpc) is 2.45. The molecule has 0 aromatic rings. The Morgan fingerprint density at radius 3 is 1.60 bits per heavy atom. The molecular weight excluding hydrogens is 340 g/mol. The molecule has 10 nitrogen and oxygen atoms in total. The van der Waals surface area contributed by atoms with E-state index in [-0.39, 0.29) is 6.61 Å². The molecule has 1 fully saturated rings. The summed E-state index contributed by atoms with van der Waals surface area (Å²) >= 11 is 0. The molecule has 0 radical (unpaired) electrons. The van der Waals surface area contributed by atoms with Crippen LogP contribution in [0.25, 0.3) is 0 Å². The summed E-state index contributed by atoms with van der Waals surface area (Å²) in [5.74, 6) is -2.81. The number of carbonyl (C=O) groups is 4. The number of carbonyl (C=O) groups excluding carboxylic acids is 4. The van der Waals surface area contributed by atoms with Crippen molar-refractivity contribution in [3.05, 3.63) is 0 Å². The molecule has 1 saturated heterocycles. The SMILES string of the molecule is COCC1OC(OC(C)=O)C(OC(C)=O)C(OC(C)=O)C1OC(C)=O. The van der Waals surface area contributed by atoms with Crippen molar-refractivity contribution < 1.29 is 47.6 Å². The highest BCUT2D eigenvalue weighted by Crippen LogP contribution is 2.29. The number of hydrogen-bond donors (Lipinski definition) is 0. The Hall–Kier alpha value is -2.20. The highest BCUT2D eigenvalue weighted by molar-refractivity contribution is 5.69. The first kappa shape index (κ1) is 20.8. The van der Waals surface area contributed by atoms with Crippen molar-refractivity contribution in [3.8, 4) is 0 Å². The first-order valence-electron chi connectivity index (χ1n) is 7.49.